The fourth-order valence-electron chi connectivity index (χ4n) is 3.67. The maximum atomic E-state index is 4.24. The van der Waals surface area contributed by atoms with Gasteiger partial charge in [0.05, 0.1) is 0 Å². The third-order valence-corrected chi connectivity index (χ3v) is 4.62. The Kier molecular flexibility index (Phi) is 4.14. The van der Waals surface area contributed by atoms with Gasteiger partial charge in [0.25, 0.3) is 0 Å². The van der Waals surface area contributed by atoms with Crippen LogP contribution in [0.15, 0.2) is 24.5 Å². The molecule has 0 radical (unpaired) electrons. The molecule has 1 saturated heterocycles. The summed E-state index contributed by atoms with van der Waals surface area (Å²) < 4.78 is 0. The van der Waals surface area contributed by atoms with Gasteiger partial charge in [-0.3, -0.25) is 9.88 Å². The standard InChI is InChI=1S/C16H25N3/c1-2-7-16(8-3-1)14-19(11-5-10-18-16)13-15-6-4-9-17-12-15/h4,6,9,12,18H,1-3,5,7-8,10-11,13-14H2. The molecular formula is C16H25N3. The molecule has 1 saturated carbocycles. The van der Waals surface area contributed by atoms with Crippen LogP contribution < -0.4 is 5.32 Å². The molecule has 0 atom stereocenters. The van der Waals surface area contributed by atoms with E-state index < -0.39 is 0 Å². The molecule has 1 N–H and O–H groups in total. The highest BCUT2D eigenvalue weighted by Gasteiger charge is 2.34. The Morgan fingerprint density at radius 3 is 2.89 bits per heavy atom. The van der Waals surface area contributed by atoms with Gasteiger partial charge in [0, 0.05) is 31.0 Å². The van der Waals surface area contributed by atoms with Crippen molar-refractivity contribution in [3.8, 4) is 0 Å². The average Bonchev–Trinajstić information content (AvgIpc) is 2.63. The predicted molar refractivity (Wildman–Crippen MR) is 77.9 cm³/mol. The molecule has 2 heterocycles. The highest BCUT2D eigenvalue weighted by Crippen LogP contribution is 2.30. The summed E-state index contributed by atoms with van der Waals surface area (Å²) in [5.41, 5.74) is 1.74. The van der Waals surface area contributed by atoms with Crippen LogP contribution in [0.4, 0.5) is 0 Å². The first kappa shape index (κ1) is 13.1. The van der Waals surface area contributed by atoms with Crippen molar-refractivity contribution in [2.24, 2.45) is 0 Å². The van der Waals surface area contributed by atoms with Crippen molar-refractivity contribution in [1.29, 1.82) is 0 Å². The number of pyridine rings is 1. The quantitative estimate of drug-likeness (QED) is 0.885. The van der Waals surface area contributed by atoms with Gasteiger partial charge in [-0.15, -0.1) is 0 Å². The van der Waals surface area contributed by atoms with E-state index >= 15 is 0 Å². The molecule has 1 aromatic rings. The molecule has 104 valence electrons. The van der Waals surface area contributed by atoms with Crippen molar-refractivity contribution in [3.63, 3.8) is 0 Å². The Balaban J connectivity index is 1.67. The van der Waals surface area contributed by atoms with Gasteiger partial charge in [0.15, 0.2) is 0 Å². The van der Waals surface area contributed by atoms with Crippen molar-refractivity contribution in [2.45, 2.75) is 50.6 Å². The lowest BCUT2D eigenvalue weighted by molar-refractivity contribution is 0.159. The van der Waals surface area contributed by atoms with Gasteiger partial charge in [-0.25, -0.2) is 0 Å². The van der Waals surface area contributed by atoms with Gasteiger partial charge >= 0.3 is 0 Å². The molecule has 3 nitrogen and oxygen atoms in total. The van der Waals surface area contributed by atoms with E-state index in [2.05, 4.69) is 21.3 Å². The zero-order valence-electron chi connectivity index (χ0n) is 11.8. The molecular weight excluding hydrogens is 234 g/mol. The summed E-state index contributed by atoms with van der Waals surface area (Å²) >= 11 is 0. The van der Waals surface area contributed by atoms with Gasteiger partial charge in [0.2, 0.25) is 0 Å². The predicted octanol–water partition coefficient (Wildman–Crippen LogP) is 2.58. The molecule has 0 amide bonds. The largest absolute Gasteiger partial charge is 0.310 e. The van der Waals surface area contributed by atoms with Crippen LogP contribution in [0, 0.1) is 0 Å². The van der Waals surface area contributed by atoms with Crippen molar-refractivity contribution in [3.05, 3.63) is 30.1 Å². The number of aromatic nitrogens is 1. The molecule has 2 aliphatic rings. The van der Waals surface area contributed by atoms with Crippen molar-refractivity contribution in [2.75, 3.05) is 19.6 Å². The Labute approximate surface area is 116 Å². The summed E-state index contributed by atoms with van der Waals surface area (Å²) in [5, 5.41) is 3.86. The van der Waals surface area contributed by atoms with Gasteiger partial charge in [-0.1, -0.05) is 25.3 Å². The molecule has 1 aromatic heterocycles. The molecule has 2 fully saturated rings. The van der Waals surface area contributed by atoms with Crippen LogP contribution in [0.1, 0.15) is 44.1 Å². The maximum Gasteiger partial charge on any atom is 0.0312 e. The SMILES string of the molecule is c1cncc(CN2CCCNC3(CCCCC3)C2)c1. The first-order valence-electron chi connectivity index (χ1n) is 7.73. The van der Waals surface area contributed by atoms with E-state index in [0.29, 0.717) is 5.54 Å². The second-order valence-corrected chi connectivity index (χ2v) is 6.19. The molecule has 0 unspecified atom stereocenters. The van der Waals surface area contributed by atoms with Crippen LogP contribution in [0.25, 0.3) is 0 Å². The van der Waals surface area contributed by atoms with Crippen molar-refractivity contribution in [1.82, 2.24) is 15.2 Å². The molecule has 0 bridgehead atoms. The maximum absolute atomic E-state index is 4.24. The Hall–Kier alpha value is -0.930. The molecule has 0 aromatic carbocycles. The smallest absolute Gasteiger partial charge is 0.0312 e. The van der Waals surface area contributed by atoms with Gasteiger partial charge in [-0.2, -0.15) is 0 Å². The van der Waals surface area contributed by atoms with Crippen LogP contribution in [-0.2, 0) is 6.54 Å². The Morgan fingerprint density at radius 2 is 2.11 bits per heavy atom. The van der Waals surface area contributed by atoms with Crippen LogP contribution >= 0.6 is 0 Å². The summed E-state index contributed by atoms with van der Waals surface area (Å²) in [6, 6.07) is 4.24. The van der Waals surface area contributed by atoms with Gasteiger partial charge < -0.3 is 5.32 Å². The number of hydrogen-bond acceptors (Lipinski definition) is 3. The lowest BCUT2D eigenvalue weighted by atomic mass is 9.81. The number of nitrogens with zero attached hydrogens (tertiary/aromatic N) is 2. The van der Waals surface area contributed by atoms with E-state index in [1.807, 2.05) is 18.5 Å². The van der Waals surface area contributed by atoms with Crippen molar-refractivity contribution < 1.29 is 0 Å². The third-order valence-electron chi connectivity index (χ3n) is 4.62. The minimum Gasteiger partial charge on any atom is -0.310 e. The monoisotopic (exact) mass is 259 g/mol. The first-order chi connectivity index (χ1) is 9.36. The van der Waals surface area contributed by atoms with E-state index in [1.54, 1.807) is 0 Å². The molecule has 1 aliphatic heterocycles. The van der Waals surface area contributed by atoms with Crippen LogP contribution in [-0.4, -0.2) is 35.1 Å². The number of rotatable bonds is 2. The van der Waals surface area contributed by atoms with Gasteiger partial charge in [0.1, 0.15) is 0 Å². The summed E-state index contributed by atoms with van der Waals surface area (Å²) in [6.07, 6.45) is 12.1. The highest BCUT2D eigenvalue weighted by molar-refractivity contribution is 5.09. The molecule has 3 rings (SSSR count). The summed E-state index contributed by atoms with van der Waals surface area (Å²) in [5.74, 6) is 0. The van der Waals surface area contributed by atoms with Crippen LogP contribution in [0.3, 0.4) is 0 Å². The number of hydrogen-bond donors (Lipinski definition) is 1. The van der Waals surface area contributed by atoms with E-state index in [0.717, 1.165) is 6.54 Å². The fourth-order valence-corrected chi connectivity index (χ4v) is 3.67. The topological polar surface area (TPSA) is 28.2 Å². The third kappa shape index (κ3) is 3.34. The summed E-state index contributed by atoms with van der Waals surface area (Å²) in [6.45, 7) is 4.66. The second-order valence-electron chi connectivity index (χ2n) is 6.19. The zero-order valence-corrected chi connectivity index (χ0v) is 11.8. The minimum atomic E-state index is 0.400. The fraction of sp³-hybridized carbons (Fsp3) is 0.688. The van der Waals surface area contributed by atoms with Crippen LogP contribution in [0.2, 0.25) is 0 Å². The van der Waals surface area contributed by atoms with Crippen molar-refractivity contribution >= 4 is 0 Å². The first-order valence-corrected chi connectivity index (χ1v) is 7.73. The van der Waals surface area contributed by atoms with E-state index in [1.165, 1.54) is 63.7 Å². The molecule has 1 aliphatic carbocycles. The van der Waals surface area contributed by atoms with E-state index in [4.69, 9.17) is 0 Å². The summed E-state index contributed by atoms with van der Waals surface area (Å²) in [4.78, 5) is 6.86. The molecule has 1 spiro atoms. The van der Waals surface area contributed by atoms with E-state index in [9.17, 15) is 0 Å². The molecule has 3 heteroatoms. The van der Waals surface area contributed by atoms with E-state index in [-0.39, 0.29) is 0 Å². The van der Waals surface area contributed by atoms with Gasteiger partial charge in [-0.05, 0) is 44.0 Å². The second kappa shape index (κ2) is 6.02. The highest BCUT2D eigenvalue weighted by atomic mass is 15.2. The lowest BCUT2D eigenvalue weighted by Gasteiger charge is -2.40. The number of nitrogens with one attached hydrogen (secondary N) is 1. The van der Waals surface area contributed by atoms with Crippen LogP contribution in [0.5, 0.6) is 0 Å². The normalized spacial score (nSPS) is 24.2. The zero-order chi connectivity index (χ0) is 13.0. The lowest BCUT2D eigenvalue weighted by Crippen LogP contribution is -2.52. The Morgan fingerprint density at radius 1 is 1.21 bits per heavy atom. The average molecular weight is 259 g/mol. The molecule has 19 heavy (non-hydrogen) atoms. The summed E-state index contributed by atoms with van der Waals surface area (Å²) in [7, 11) is 0. The Bertz CT molecular complexity index is 384. The minimum absolute atomic E-state index is 0.400.